The molecule has 184 valence electrons. The zero-order chi connectivity index (χ0) is 25.2. The normalized spacial score (nSPS) is 11.5. The van der Waals surface area contributed by atoms with Gasteiger partial charge in [0.25, 0.3) is 5.91 Å². The maximum atomic E-state index is 12.9. The van der Waals surface area contributed by atoms with Gasteiger partial charge in [-0.15, -0.1) is 0 Å². The summed E-state index contributed by atoms with van der Waals surface area (Å²) in [5.41, 5.74) is 3.08. The maximum Gasteiger partial charge on any atom is 0.257 e. The number of aryl methyl sites for hydroxylation is 1. The molecule has 0 bridgehead atoms. The second kappa shape index (κ2) is 12.6. The van der Waals surface area contributed by atoms with E-state index in [9.17, 15) is 4.79 Å². The quantitative estimate of drug-likeness (QED) is 0.407. The average molecular weight is 475 g/mol. The van der Waals surface area contributed by atoms with Crippen LogP contribution < -0.4 is 15.4 Å². The van der Waals surface area contributed by atoms with Crippen molar-refractivity contribution < 1.29 is 14.3 Å². The first-order chi connectivity index (χ1) is 16.8. The molecule has 0 saturated carbocycles. The Balaban J connectivity index is 1.79. The number of anilines is 2. The molecule has 0 aliphatic rings. The van der Waals surface area contributed by atoms with Gasteiger partial charge in [-0.1, -0.05) is 25.7 Å². The lowest BCUT2D eigenvalue weighted by molar-refractivity contribution is 0.0917. The first-order valence-corrected chi connectivity index (χ1v) is 11.8. The number of nitrogens with one attached hydrogen (secondary N) is 2. The third kappa shape index (κ3) is 8.51. The number of rotatable bonds is 10. The number of amides is 1. The molecule has 7 heteroatoms. The largest absolute Gasteiger partial charge is 0.488 e. The zero-order valence-electron chi connectivity index (χ0n) is 21.1. The van der Waals surface area contributed by atoms with Crippen molar-refractivity contribution >= 4 is 17.4 Å². The Hall–Kier alpha value is -3.76. The van der Waals surface area contributed by atoms with Crippen LogP contribution in [0.4, 0.5) is 11.5 Å². The lowest BCUT2D eigenvalue weighted by Crippen LogP contribution is -2.19. The predicted octanol–water partition coefficient (Wildman–Crippen LogP) is 4.94. The molecule has 0 fully saturated rings. The summed E-state index contributed by atoms with van der Waals surface area (Å²) in [5, 5.41) is 10.4. The minimum absolute atomic E-state index is 0.175. The highest BCUT2D eigenvalue weighted by Crippen LogP contribution is 2.20. The molecule has 0 radical (unpaired) electrons. The summed E-state index contributed by atoms with van der Waals surface area (Å²) < 4.78 is 12.8. The van der Waals surface area contributed by atoms with Crippen LogP contribution in [0.25, 0.3) is 0 Å². The second-order valence-electron chi connectivity index (χ2n) is 8.90. The Morgan fingerprint density at radius 1 is 1.06 bits per heavy atom. The SMILES string of the molecule is COC[C@H](C)Oc1cc(C#Cc2ccc(NCCC(C)C)cc2)cc(C(=O)Nc2ccn(C)n2)c1. The molecule has 7 nitrogen and oxygen atoms in total. The van der Waals surface area contributed by atoms with Crippen LogP contribution in [0.5, 0.6) is 5.75 Å². The van der Waals surface area contributed by atoms with Crippen molar-refractivity contribution in [1.82, 2.24) is 9.78 Å². The van der Waals surface area contributed by atoms with Crippen LogP contribution in [-0.2, 0) is 11.8 Å². The van der Waals surface area contributed by atoms with Crippen LogP contribution in [0.2, 0.25) is 0 Å². The molecule has 35 heavy (non-hydrogen) atoms. The Bertz CT molecular complexity index is 1170. The van der Waals surface area contributed by atoms with Crippen molar-refractivity contribution in [2.45, 2.75) is 33.3 Å². The van der Waals surface area contributed by atoms with Gasteiger partial charge in [0.2, 0.25) is 0 Å². The number of aromatic nitrogens is 2. The molecule has 0 unspecified atom stereocenters. The molecule has 2 aromatic carbocycles. The molecule has 2 N–H and O–H groups in total. The van der Waals surface area contributed by atoms with Crippen LogP contribution in [0.3, 0.4) is 0 Å². The lowest BCUT2D eigenvalue weighted by atomic mass is 10.1. The average Bonchev–Trinajstić information content (AvgIpc) is 3.22. The van der Waals surface area contributed by atoms with E-state index in [4.69, 9.17) is 9.47 Å². The van der Waals surface area contributed by atoms with Crippen molar-refractivity contribution in [2.24, 2.45) is 13.0 Å². The van der Waals surface area contributed by atoms with Gasteiger partial charge in [-0.2, -0.15) is 5.10 Å². The molecule has 1 heterocycles. The highest BCUT2D eigenvalue weighted by atomic mass is 16.5. The van der Waals surface area contributed by atoms with Gasteiger partial charge in [0.1, 0.15) is 11.9 Å². The minimum Gasteiger partial charge on any atom is -0.488 e. The van der Waals surface area contributed by atoms with Crippen LogP contribution in [0.15, 0.2) is 54.7 Å². The molecular formula is C28H34N4O3. The Labute approximate surface area is 207 Å². The predicted molar refractivity (Wildman–Crippen MR) is 140 cm³/mol. The van der Waals surface area contributed by atoms with Crippen molar-refractivity contribution in [3.8, 4) is 17.6 Å². The summed E-state index contributed by atoms with van der Waals surface area (Å²) in [7, 11) is 3.42. The Kier molecular flexibility index (Phi) is 9.33. The number of benzene rings is 2. The summed E-state index contributed by atoms with van der Waals surface area (Å²) in [6.45, 7) is 7.72. The van der Waals surface area contributed by atoms with Crippen molar-refractivity contribution in [1.29, 1.82) is 0 Å². The second-order valence-corrected chi connectivity index (χ2v) is 8.90. The number of nitrogens with zero attached hydrogens (tertiary/aromatic N) is 2. The number of hydrogen-bond acceptors (Lipinski definition) is 5. The third-order valence-corrected chi connectivity index (χ3v) is 5.15. The number of carbonyl (C=O) groups is 1. The number of methoxy groups -OCH3 is 1. The van der Waals surface area contributed by atoms with Gasteiger partial charge in [-0.25, -0.2) is 0 Å². The lowest BCUT2D eigenvalue weighted by Gasteiger charge is -2.15. The van der Waals surface area contributed by atoms with E-state index in [1.807, 2.05) is 37.3 Å². The van der Waals surface area contributed by atoms with E-state index in [-0.39, 0.29) is 12.0 Å². The number of hydrogen-bond donors (Lipinski definition) is 2. The van der Waals surface area contributed by atoms with Gasteiger partial charge in [-0.3, -0.25) is 9.48 Å². The van der Waals surface area contributed by atoms with Gasteiger partial charge in [0.05, 0.1) is 6.61 Å². The maximum absolute atomic E-state index is 12.9. The topological polar surface area (TPSA) is 77.4 Å². The Morgan fingerprint density at radius 3 is 2.46 bits per heavy atom. The summed E-state index contributed by atoms with van der Waals surface area (Å²) in [6, 6.07) is 15.1. The summed E-state index contributed by atoms with van der Waals surface area (Å²) in [5.74, 6) is 7.76. The van der Waals surface area contributed by atoms with Gasteiger partial charge in [0.15, 0.2) is 5.82 Å². The third-order valence-electron chi connectivity index (χ3n) is 5.15. The van der Waals surface area contributed by atoms with Crippen molar-refractivity contribution in [3.05, 3.63) is 71.4 Å². The molecule has 3 rings (SSSR count). The minimum atomic E-state index is -0.284. The van der Waals surface area contributed by atoms with Gasteiger partial charge in [0, 0.05) is 55.3 Å². The van der Waals surface area contributed by atoms with Gasteiger partial charge in [-0.05, 0) is 61.7 Å². The molecule has 0 spiro atoms. The number of carbonyl (C=O) groups excluding carboxylic acids is 1. The smallest absolute Gasteiger partial charge is 0.257 e. The van der Waals surface area contributed by atoms with Crippen LogP contribution >= 0.6 is 0 Å². The van der Waals surface area contributed by atoms with E-state index in [1.54, 1.807) is 43.2 Å². The molecule has 1 amide bonds. The molecule has 3 aromatic rings. The van der Waals surface area contributed by atoms with E-state index in [1.165, 1.54) is 0 Å². The molecule has 0 aliphatic carbocycles. The summed E-state index contributed by atoms with van der Waals surface area (Å²) >= 11 is 0. The van der Waals surface area contributed by atoms with Gasteiger partial charge < -0.3 is 20.1 Å². The van der Waals surface area contributed by atoms with E-state index in [0.717, 1.165) is 24.2 Å². The zero-order valence-corrected chi connectivity index (χ0v) is 21.1. The molecule has 1 aromatic heterocycles. The van der Waals surface area contributed by atoms with E-state index in [0.29, 0.717) is 35.2 Å². The molecule has 1 atom stereocenters. The fourth-order valence-electron chi connectivity index (χ4n) is 3.36. The van der Waals surface area contributed by atoms with Crippen LogP contribution in [-0.4, -0.2) is 42.1 Å². The van der Waals surface area contributed by atoms with E-state index in [2.05, 4.69) is 41.4 Å². The van der Waals surface area contributed by atoms with Crippen molar-refractivity contribution in [3.63, 3.8) is 0 Å². The Morgan fingerprint density at radius 2 is 1.80 bits per heavy atom. The monoisotopic (exact) mass is 474 g/mol. The summed E-state index contributed by atoms with van der Waals surface area (Å²) in [6.07, 6.45) is 2.72. The molecule has 0 saturated heterocycles. The van der Waals surface area contributed by atoms with E-state index >= 15 is 0 Å². The summed E-state index contributed by atoms with van der Waals surface area (Å²) in [4.78, 5) is 12.9. The standard InChI is InChI=1S/C28H34N4O3/c1-20(2)12-14-29-25-10-8-22(9-11-25)6-7-23-16-24(18-26(17-23)35-21(3)19-34-5)28(33)30-27-13-15-32(4)31-27/h8-11,13,15-18,20-21,29H,12,14,19H2,1-5H3,(H,30,31,33)/t21-/m0/s1. The van der Waals surface area contributed by atoms with Crippen LogP contribution in [0, 0.1) is 17.8 Å². The number of ether oxygens (including phenoxy) is 2. The molecular weight excluding hydrogens is 440 g/mol. The van der Waals surface area contributed by atoms with E-state index < -0.39 is 0 Å². The van der Waals surface area contributed by atoms with Crippen molar-refractivity contribution in [2.75, 3.05) is 30.9 Å². The molecule has 0 aliphatic heterocycles. The fourth-order valence-corrected chi connectivity index (χ4v) is 3.36. The first-order valence-electron chi connectivity index (χ1n) is 11.8. The van der Waals surface area contributed by atoms with Gasteiger partial charge >= 0.3 is 0 Å². The fraction of sp³-hybridized carbons (Fsp3) is 0.357. The van der Waals surface area contributed by atoms with Crippen LogP contribution in [0.1, 0.15) is 48.7 Å². The highest BCUT2D eigenvalue weighted by molar-refractivity contribution is 6.04. The first kappa shape index (κ1) is 25.9. The highest BCUT2D eigenvalue weighted by Gasteiger charge is 2.12.